The number of benzene rings is 1. The topological polar surface area (TPSA) is 122 Å². The first-order valence-electron chi connectivity index (χ1n) is 11.9. The van der Waals surface area contributed by atoms with Crippen LogP contribution in [0.3, 0.4) is 0 Å². The number of nitrogens with one attached hydrogen (secondary N) is 1. The highest BCUT2D eigenvalue weighted by Crippen LogP contribution is 2.29. The average molecular weight is 543 g/mol. The zero-order valence-corrected chi connectivity index (χ0v) is 21.0. The van der Waals surface area contributed by atoms with Crippen LogP contribution in [0.4, 0.5) is 30.5 Å². The Balaban J connectivity index is 0.000000448. The molecule has 0 spiro atoms. The van der Waals surface area contributed by atoms with Gasteiger partial charge in [0.05, 0.1) is 18.4 Å². The molecule has 2 N–H and O–H groups in total. The molecule has 3 aromatic heterocycles. The van der Waals surface area contributed by atoms with Gasteiger partial charge in [-0.05, 0) is 55.7 Å². The Labute approximate surface area is 221 Å². The van der Waals surface area contributed by atoms with Crippen molar-refractivity contribution in [3.63, 3.8) is 0 Å². The number of alkyl halides is 3. The number of methoxy groups -OCH3 is 1. The molecule has 4 aromatic rings. The number of carbonyl (C=O) groups is 2. The molecule has 0 radical (unpaired) electrons. The largest absolute Gasteiger partial charge is 0.490 e. The van der Waals surface area contributed by atoms with Crippen LogP contribution in [-0.4, -0.2) is 62.5 Å². The van der Waals surface area contributed by atoms with Crippen molar-refractivity contribution < 1.29 is 32.6 Å². The summed E-state index contributed by atoms with van der Waals surface area (Å²) in [6, 6.07) is 15.8. The first-order valence-corrected chi connectivity index (χ1v) is 11.9. The predicted octanol–water partition coefficient (Wildman–Crippen LogP) is 4.94. The van der Waals surface area contributed by atoms with Crippen LogP contribution >= 0.6 is 0 Å². The van der Waals surface area contributed by atoms with E-state index in [0.29, 0.717) is 17.3 Å². The fourth-order valence-electron chi connectivity index (χ4n) is 4.16. The minimum absolute atomic E-state index is 0.357. The lowest BCUT2D eigenvalue weighted by Crippen LogP contribution is -2.27. The van der Waals surface area contributed by atoms with Crippen molar-refractivity contribution in [1.82, 2.24) is 19.6 Å². The fourth-order valence-corrected chi connectivity index (χ4v) is 4.16. The van der Waals surface area contributed by atoms with Gasteiger partial charge in [-0.25, -0.2) is 24.1 Å². The number of hydrogen-bond acceptors (Lipinski definition) is 8. The highest BCUT2D eigenvalue weighted by Gasteiger charge is 2.38. The molecule has 1 fully saturated rings. The van der Waals surface area contributed by atoms with Crippen LogP contribution in [0.1, 0.15) is 30.1 Å². The molecule has 204 valence electrons. The van der Waals surface area contributed by atoms with Gasteiger partial charge >= 0.3 is 18.1 Å². The number of halogens is 3. The zero-order valence-electron chi connectivity index (χ0n) is 21.0. The number of hydrogen-bond donors (Lipinski definition) is 2. The van der Waals surface area contributed by atoms with Crippen LogP contribution in [-0.2, 0) is 9.53 Å². The van der Waals surface area contributed by atoms with Gasteiger partial charge in [0.2, 0.25) is 0 Å². The molecule has 0 bridgehead atoms. The average Bonchev–Trinajstić information content (AvgIpc) is 3.57. The van der Waals surface area contributed by atoms with Crippen LogP contribution in [0.5, 0.6) is 0 Å². The molecule has 5 rings (SSSR count). The summed E-state index contributed by atoms with van der Waals surface area (Å²) in [5, 5.41) is 14.9. The van der Waals surface area contributed by atoms with Gasteiger partial charge in [-0.2, -0.15) is 18.3 Å². The normalized spacial score (nSPS) is 15.0. The van der Waals surface area contributed by atoms with Crippen molar-refractivity contribution in [1.29, 1.82) is 0 Å². The summed E-state index contributed by atoms with van der Waals surface area (Å²) in [6.07, 6.45) is 0.741. The van der Waals surface area contributed by atoms with E-state index < -0.39 is 12.1 Å². The lowest BCUT2D eigenvalue weighted by molar-refractivity contribution is -0.192. The third-order valence-corrected chi connectivity index (χ3v) is 6.10. The number of anilines is 3. The third-order valence-electron chi connectivity index (χ3n) is 6.10. The number of ether oxygens (including phenoxy) is 1. The second kappa shape index (κ2) is 11.4. The highest BCUT2D eigenvalue weighted by molar-refractivity contribution is 5.90. The SMILES string of the molecule is COC(=O)c1ccc(-c2cc(Nc3cccc(N4CCCC4C)n3)c3ncnn3c2)cc1.O=C(O)C(F)(F)F. The molecule has 39 heavy (non-hydrogen) atoms. The minimum atomic E-state index is -5.08. The Hall–Kier alpha value is -4.68. The molecule has 1 aliphatic heterocycles. The number of aliphatic carboxylic acids is 1. The van der Waals surface area contributed by atoms with Gasteiger partial charge in [0.1, 0.15) is 18.0 Å². The van der Waals surface area contributed by atoms with Crippen LogP contribution in [0, 0.1) is 0 Å². The van der Waals surface area contributed by atoms with Crippen molar-refractivity contribution in [3.8, 4) is 11.1 Å². The van der Waals surface area contributed by atoms with Gasteiger partial charge in [-0.1, -0.05) is 18.2 Å². The van der Waals surface area contributed by atoms with Crippen molar-refractivity contribution in [2.24, 2.45) is 0 Å². The number of rotatable bonds is 5. The summed E-state index contributed by atoms with van der Waals surface area (Å²) in [6.45, 7) is 3.27. The van der Waals surface area contributed by atoms with Gasteiger partial charge in [0.15, 0.2) is 5.65 Å². The van der Waals surface area contributed by atoms with Gasteiger partial charge in [0.25, 0.3) is 0 Å². The lowest BCUT2D eigenvalue weighted by Gasteiger charge is -2.23. The summed E-state index contributed by atoms with van der Waals surface area (Å²) in [5.41, 5.74) is 3.91. The van der Waals surface area contributed by atoms with Crippen LogP contribution in [0.25, 0.3) is 16.8 Å². The Kier molecular flexibility index (Phi) is 7.98. The Morgan fingerprint density at radius 1 is 1.13 bits per heavy atom. The first kappa shape index (κ1) is 27.4. The molecule has 1 saturated heterocycles. The maximum atomic E-state index is 11.7. The van der Waals surface area contributed by atoms with Crippen LogP contribution in [0.15, 0.2) is 61.1 Å². The fraction of sp³-hybridized carbons (Fsp3) is 0.269. The quantitative estimate of drug-likeness (QED) is 0.338. The van der Waals surface area contributed by atoms with E-state index in [2.05, 4.69) is 33.3 Å². The summed E-state index contributed by atoms with van der Waals surface area (Å²) in [5.74, 6) is -1.38. The van der Waals surface area contributed by atoms with Crippen LogP contribution < -0.4 is 10.2 Å². The number of carbonyl (C=O) groups excluding carboxylic acids is 1. The molecule has 0 aliphatic carbocycles. The smallest absolute Gasteiger partial charge is 0.475 e. The summed E-state index contributed by atoms with van der Waals surface area (Å²) >= 11 is 0. The van der Waals surface area contributed by atoms with E-state index in [0.717, 1.165) is 35.0 Å². The van der Waals surface area contributed by atoms with E-state index in [-0.39, 0.29) is 5.97 Å². The van der Waals surface area contributed by atoms with E-state index in [1.807, 2.05) is 36.5 Å². The Morgan fingerprint density at radius 2 is 1.85 bits per heavy atom. The number of pyridine rings is 2. The standard InChI is InChI=1S/C24H24N6O2.C2HF3O2/c1-16-5-4-12-29(16)22-7-3-6-21(28-22)27-20-13-19(14-30-23(20)25-15-26-30)17-8-10-18(11-9-17)24(31)32-2;3-2(4,5)1(6)7/h3,6-11,13-16H,4-5,12H2,1-2H3,(H,27,28);(H,6,7). The van der Waals surface area contributed by atoms with E-state index >= 15 is 0 Å². The molecule has 0 amide bonds. The van der Waals surface area contributed by atoms with E-state index in [1.54, 1.807) is 16.6 Å². The second-order valence-electron chi connectivity index (χ2n) is 8.73. The van der Waals surface area contributed by atoms with Crippen molar-refractivity contribution in [2.75, 3.05) is 23.9 Å². The third kappa shape index (κ3) is 6.43. The lowest BCUT2D eigenvalue weighted by atomic mass is 10.1. The summed E-state index contributed by atoms with van der Waals surface area (Å²) in [7, 11) is 1.38. The monoisotopic (exact) mass is 542 g/mol. The number of carboxylic acids is 1. The first-order chi connectivity index (χ1) is 18.6. The summed E-state index contributed by atoms with van der Waals surface area (Å²) in [4.78, 5) is 32.2. The van der Waals surface area contributed by atoms with Crippen LogP contribution in [0.2, 0.25) is 0 Å². The molecule has 4 heterocycles. The predicted molar refractivity (Wildman–Crippen MR) is 137 cm³/mol. The molecular formula is C26H25F3N6O4. The van der Waals surface area contributed by atoms with Gasteiger partial charge < -0.3 is 20.1 Å². The van der Waals surface area contributed by atoms with E-state index in [9.17, 15) is 18.0 Å². The molecular weight excluding hydrogens is 517 g/mol. The Morgan fingerprint density at radius 3 is 2.46 bits per heavy atom. The number of nitrogens with zero attached hydrogens (tertiary/aromatic N) is 5. The second-order valence-corrected chi connectivity index (χ2v) is 8.73. The van der Waals surface area contributed by atoms with Crippen molar-refractivity contribution in [3.05, 3.63) is 66.6 Å². The molecule has 10 nitrogen and oxygen atoms in total. The van der Waals surface area contributed by atoms with Crippen molar-refractivity contribution in [2.45, 2.75) is 32.0 Å². The molecule has 1 aliphatic rings. The maximum absolute atomic E-state index is 11.7. The number of esters is 1. The molecule has 1 atom stereocenters. The molecule has 1 unspecified atom stereocenters. The Bertz CT molecular complexity index is 1470. The van der Waals surface area contributed by atoms with E-state index in [4.69, 9.17) is 19.6 Å². The van der Waals surface area contributed by atoms with Gasteiger partial charge in [0, 0.05) is 24.3 Å². The number of fused-ring (bicyclic) bond motifs is 1. The number of carboxylic acid groups (broad SMARTS) is 1. The minimum Gasteiger partial charge on any atom is -0.475 e. The van der Waals surface area contributed by atoms with Crippen molar-refractivity contribution >= 4 is 34.9 Å². The highest BCUT2D eigenvalue weighted by atomic mass is 19.4. The van der Waals surface area contributed by atoms with Gasteiger partial charge in [-0.15, -0.1) is 0 Å². The molecule has 13 heteroatoms. The van der Waals surface area contributed by atoms with E-state index in [1.165, 1.54) is 26.3 Å². The molecule has 0 saturated carbocycles. The summed E-state index contributed by atoms with van der Waals surface area (Å²) < 4.78 is 38.3. The molecule has 1 aromatic carbocycles. The van der Waals surface area contributed by atoms with Gasteiger partial charge in [-0.3, -0.25) is 0 Å². The zero-order chi connectivity index (χ0) is 28.2. The maximum Gasteiger partial charge on any atom is 0.490 e. The number of aromatic nitrogens is 4.